The van der Waals surface area contributed by atoms with Crippen LogP contribution in [-0.4, -0.2) is 29.2 Å². The fourth-order valence-electron chi connectivity index (χ4n) is 2.28. The zero-order chi connectivity index (χ0) is 19.9. The Morgan fingerprint density at radius 3 is 2.75 bits per heavy atom. The third kappa shape index (κ3) is 5.74. The van der Waals surface area contributed by atoms with Crippen LogP contribution < -0.4 is 5.32 Å². The molecular weight excluding hydrogens is 406 g/mol. The van der Waals surface area contributed by atoms with E-state index in [-0.39, 0.29) is 12.1 Å². The van der Waals surface area contributed by atoms with E-state index in [1.165, 1.54) is 6.07 Å². The number of hydrogen-bond acceptors (Lipinski definition) is 6. The predicted octanol–water partition coefficient (Wildman–Crippen LogP) is 4.63. The number of nitrogens with zero attached hydrogens (tertiary/aromatic N) is 1. The molecule has 1 amide bonds. The van der Waals surface area contributed by atoms with Crippen LogP contribution in [0.25, 0.3) is 10.2 Å². The maximum Gasteiger partial charge on any atom is 0.306 e. The van der Waals surface area contributed by atoms with Crippen LogP contribution in [0, 0.1) is 11.6 Å². The van der Waals surface area contributed by atoms with Crippen LogP contribution in [0.2, 0.25) is 0 Å². The standard InChI is InChI=1S/C19H16F2N2O3S2/c20-13-8-7-12(10-14(13)21)22-17(24)11-26-18(25)6-3-9-27-19-23-15-4-1-2-5-16(15)28-19/h1-2,4-5,7-8,10H,3,6,9,11H2,(H,22,24). The molecule has 0 fully saturated rings. The summed E-state index contributed by atoms with van der Waals surface area (Å²) in [6.45, 7) is -0.483. The number of rotatable bonds is 8. The summed E-state index contributed by atoms with van der Waals surface area (Å²) in [6.07, 6.45) is 0.764. The summed E-state index contributed by atoms with van der Waals surface area (Å²) in [5.74, 6) is -2.49. The zero-order valence-electron chi connectivity index (χ0n) is 14.6. The Morgan fingerprint density at radius 1 is 1.14 bits per heavy atom. The van der Waals surface area contributed by atoms with Crippen molar-refractivity contribution in [3.63, 3.8) is 0 Å². The SMILES string of the molecule is O=C(COC(=O)CCCSc1nc2ccccc2s1)Nc1ccc(F)c(F)c1. The number of para-hydroxylation sites is 1. The van der Waals surface area contributed by atoms with Gasteiger partial charge in [-0.05, 0) is 30.7 Å². The number of thiazole rings is 1. The number of halogens is 2. The number of ether oxygens (including phenoxy) is 1. The van der Waals surface area contributed by atoms with E-state index in [1.807, 2.05) is 24.3 Å². The highest BCUT2D eigenvalue weighted by Crippen LogP contribution is 2.29. The van der Waals surface area contributed by atoms with Gasteiger partial charge in [-0.25, -0.2) is 13.8 Å². The second-order valence-electron chi connectivity index (χ2n) is 5.74. The first-order chi connectivity index (χ1) is 13.5. The summed E-state index contributed by atoms with van der Waals surface area (Å²) in [5.41, 5.74) is 1.05. The summed E-state index contributed by atoms with van der Waals surface area (Å²) in [6, 6.07) is 10.9. The van der Waals surface area contributed by atoms with Crippen molar-refractivity contribution >= 4 is 50.9 Å². The summed E-state index contributed by atoms with van der Waals surface area (Å²) in [7, 11) is 0. The lowest BCUT2D eigenvalue weighted by atomic mass is 10.3. The number of hydrogen-bond donors (Lipinski definition) is 1. The third-order valence-corrected chi connectivity index (χ3v) is 5.86. The fraction of sp³-hybridized carbons (Fsp3) is 0.211. The van der Waals surface area contributed by atoms with Gasteiger partial charge in [0, 0.05) is 23.9 Å². The van der Waals surface area contributed by atoms with E-state index in [0.717, 1.165) is 26.7 Å². The molecular formula is C19H16F2N2O3S2. The summed E-state index contributed by atoms with van der Waals surface area (Å²) < 4.78 is 32.9. The molecule has 1 N–H and O–H groups in total. The molecule has 1 aromatic heterocycles. The van der Waals surface area contributed by atoms with Gasteiger partial charge in [0.2, 0.25) is 0 Å². The lowest BCUT2D eigenvalue weighted by Crippen LogP contribution is -2.21. The first-order valence-electron chi connectivity index (χ1n) is 8.40. The molecule has 0 aliphatic rings. The summed E-state index contributed by atoms with van der Waals surface area (Å²) in [5, 5.41) is 2.33. The summed E-state index contributed by atoms with van der Waals surface area (Å²) >= 11 is 3.18. The van der Waals surface area contributed by atoms with Gasteiger partial charge in [0.1, 0.15) is 0 Å². The van der Waals surface area contributed by atoms with Crippen molar-refractivity contribution in [2.45, 2.75) is 17.2 Å². The number of thioether (sulfide) groups is 1. The van der Waals surface area contributed by atoms with Gasteiger partial charge >= 0.3 is 5.97 Å². The Kier molecular flexibility index (Phi) is 6.94. The van der Waals surface area contributed by atoms with Crippen LogP contribution in [0.4, 0.5) is 14.5 Å². The maximum atomic E-state index is 13.1. The molecule has 1 heterocycles. The normalized spacial score (nSPS) is 10.8. The molecule has 0 saturated carbocycles. The number of esters is 1. The quantitative estimate of drug-likeness (QED) is 0.326. The van der Waals surface area contributed by atoms with E-state index in [1.54, 1.807) is 23.1 Å². The number of amides is 1. The van der Waals surface area contributed by atoms with Gasteiger partial charge in [-0.3, -0.25) is 9.59 Å². The largest absolute Gasteiger partial charge is 0.456 e. The average Bonchev–Trinajstić information content (AvgIpc) is 3.09. The molecule has 0 radical (unpaired) electrons. The van der Waals surface area contributed by atoms with Crippen LogP contribution in [0.3, 0.4) is 0 Å². The van der Waals surface area contributed by atoms with Gasteiger partial charge in [0.05, 0.1) is 10.2 Å². The Labute approximate surface area is 168 Å². The molecule has 0 unspecified atom stereocenters. The first kappa shape index (κ1) is 20.2. The second kappa shape index (κ2) is 9.61. The second-order valence-corrected chi connectivity index (χ2v) is 8.11. The smallest absolute Gasteiger partial charge is 0.306 e. The van der Waals surface area contributed by atoms with Crippen molar-refractivity contribution in [1.82, 2.24) is 4.98 Å². The van der Waals surface area contributed by atoms with Crippen molar-refractivity contribution in [1.29, 1.82) is 0 Å². The molecule has 9 heteroatoms. The van der Waals surface area contributed by atoms with Gasteiger partial charge in [0.15, 0.2) is 22.6 Å². The molecule has 0 saturated heterocycles. The minimum atomic E-state index is -1.07. The van der Waals surface area contributed by atoms with E-state index in [9.17, 15) is 18.4 Å². The molecule has 0 aliphatic heterocycles. The summed E-state index contributed by atoms with van der Waals surface area (Å²) in [4.78, 5) is 27.9. The topological polar surface area (TPSA) is 68.3 Å². The fourth-order valence-corrected chi connectivity index (χ4v) is 4.36. The van der Waals surface area contributed by atoms with Crippen molar-refractivity contribution in [3.05, 3.63) is 54.1 Å². The van der Waals surface area contributed by atoms with Crippen LogP contribution in [0.5, 0.6) is 0 Å². The van der Waals surface area contributed by atoms with Crippen molar-refractivity contribution in [2.75, 3.05) is 17.7 Å². The molecule has 2 aromatic carbocycles. The first-order valence-corrected chi connectivity index (χ1v) is 10.2. The van der Waals surface area contributed by atoms with Gasteiger partial charge < -0.3 is 10.1 Å². The van der Waals surface area contributed by atoms with E-state index in [0.29, 0.717) is 12.2 Å². The number of anilines is 1. The van der Waals surface area contributed by atoms with Gasteiger partial charge in [-0.1, -0.05) is 23.9 Å². The van der Waals surface area contributed by atoms with E-state index >= 15 is 0 Å². The van der Waals surface area contributed by atoms with Crippen molar-refractivity contribution < 1.29 is 23.1 Å². The van der Waals surface area contributed by atoms with E-state index in [2.05, 4.69) is 10.3 Å². The number of carbonyl (C=O) groups excluding carboxylic acids is 2. The minimum absolute atomic E-state index is 0.0900. The molecule has 0 atom stereocenters. The average molecular weight is 422 g/mol. The molecule has 3 rings (SSSR count). The molecule has 0 spiro atoms. The molecule has 3 aromatic rings. The minimum Gasteiger partial charge on any atom is -0.456 e. The molecule has 5 nitrogen and oxygen atoms in total. The Bertz CT molecular complexity index is 961. The Balaban J connectivity index is 1.33. The molecule has 146 valence electrons. The number of nitrogens with one attached hydrogen (secondary N) is 1. The number of carbonyl (C=O) groups is 2. The predicted molar refractivity (Wildman–Crippen MR) is 106 cm³/mol. The molecule has 0 aliphatic carbocycles. The van der Waals surface area contributed by atoms with Crippen molar-refractivity contribution in [3.8, 4) is 0 Å². The lowest BCUT2D eigenvalue weighted by molar-refractivity contribution is -0.147. The van der Waals surface area contributed by atoms with Crippen LogP contribution in [0.15, 0.2) is 46.8 Å². The molecule has 28 heavy (non-hydrogen) atoms. The van der Waals surface area contributed by atoms with Crippen LogP contribution in [-0.2, 0) is 14.3 Å². The van der Waals surface area contributed by atoms with Crippen LogP contribution >= 0.6 is 23.1 Å². The highest BCUT2D eigenvalue weighted by atomic mass is 32.2. The number of fused-ring (bicyclic) bond motifs is 1. The molecule has 0 bridgehead atoms. The third-order valence-electron chi connectivity index (χ3n) is 3.59. The van der Waals surface area contributed by atoms with Gasteiger partial charge in [-0.15, -0.1) is 11.3 Å². The maximum absolute atomic E-state index is 13.1. The van der Waals surface area contributed by atoms with E-state index < -0.39 is 30.1 Å². The highest BCUT2D eigenvalue weighted by Gasteiger charge is 2.10. The number of benzene rings is 2. The van der Waals surface area contributed by atoms with Gasteiger partial charge in [0.25, 0.3) is 5.91 Å². The van der Waals surface area contributed by atoms with Crippen molar-refractivity contribution in [2.24, 2.45) is 0 Å². The Morgan fingerprint density at radius 2 is 1.96 bits per heavy atom. The van der Waals surface area contributed by atoms with Gasteiger partial charge in [-0.2, -0.15) is 0 Å². The zero-order valence-corrected chi connectivity index (χ0v) is 16.2. The van der Waals surface area contributed by atoms with Crippen LogP contribution in [0.1, 0.15) is 12.8 Å². The highest BCUT2D eigenvalue weighted by molar-refractivity contribution is 8.01. The lowest BCUT2D eigenvalue weighted by Gasteiger charge is -2.07. The number of aromatic nitrogens is 1. The van der Waals surface area contributed by atoms with E-state index in [4.69, 9.17) is 4.74 Å². The monoisotopic (exact) mass is 422 g/mol. The Hall–Kier alpha value is -2.52.